The smallest absolute Gasteiger partial charge is 0.180 e. The Morgan fingerprint density at radius 3 is 2.64 bits per heavy atom. The normalized spacial score (nSPS) is 13.9. The highest BCUT2D eigenvalue weighted by Crippen LogP contribution is 2.17. The van der Waals surface area contributed by atoms with Gasteiger partial charge in [-0.3, -0.25) is 0 Å². The molecule has 0 bridgehead atoms. The number of sulfone groups is 1. The molecule has 0 radical (unpaired) electrons. The fourth-order valence-corrected chi connectivity index (χ4v) is 2.59. The van der Waals surface area contributed by atoms with Crippen LogP contribution >= 0.6 is 0 Å². The minimum atomic E-state index is -3.37. The highest BCUT2D eigenvalue weighted by Gasteiger charge is 2.16. The summed E-state index contributed by atoms with van der Waals surface area (Å²) in [4.78, 5) is 0.106. The van der Waals surface area contributed by atoms with Gasteiger partial charge in [0, 0.05) is 6.04 Å². The average molecular weight is 215 g/mol. The van der Waals surface area contributed by atoms with E-state index >= 15 is 0 Å². The Bertz CT molecular complexity index is 412. The fraction of sp³-hybridized carbons (Fsp3) is 0.333. The lowest BCUT2D eigenvalue weighted by atomic mass is 10.3. The first-order valence-electron chi connectivity index (χ1n) is 4.19. The number of benzene rings is 1. The monoisotopic (exact) mass is 215 g/mol. The summed E-state index contributed by atoms with van der Waals surface area (Å²) in [6, 6.07) is 5.16. The van der Waals surface area contributed by atoms with Crippen LogP contribution in [0.3, 0.4) is 0 Å². The maximum absolute atomic E-state index is 11.6. The number of rotatable bonds is 3. The van der Waals surface area contributed by atoms with E-state index in [2.05, 4.69) is 0 Å². The Labute approximate surface area is 83.3 Å². The van der Waals surface area contributed by atoms with Gasteiger partial charge in [0.25, 0.3) is 0 Å². The van der Waals surface area contributed by atoms with Gasteiger partial charge in [0.15, 0.2) is 9.84 Å². The van der Waals surface area contributed by atoms with Crippen LogP contribution in [0.2, 0.25) is 0 Å². The molecule has 0 fully saturated rings. The third-order valence-electron chi connectivity index (χ3n) is 1.66. The molecule has 0 spiro atoms. The van der Waals surface area contributed by atoms with Crippen LogP contribution in [0, 0.1) is 0 Å². The van der Waals surface area contributed by atoms with Gasteiger partial charge in [-0.15, -0.1) is 0 Å². The maximum atomic E-state index is 11.6. The number of nitrogens with two attached hydrogens (primary N) is 1. The summed E-state index contributed by atoms with van der Waals surface area (Å²) in [7, 11) is -3.37. The minimum absolute atomic E-state index is 0.0595. The topological polar surface area (TPSA) is 80.4 Å². The van der Waals surface area contributed by atoms with Gasteiger partial charge in [0.1, 0.15) is 5.75 Å². The Morgan fingerprint density at radius 1 is 1.50 bits per heavy atom. The third-order valence-corrected chi connectivity index (χ3v) is 3.60. The van der Waals surface area contributed by atoms with Gasteiger partial charge >= 0.3 is 0 Å². The van der Waals surface area contributed by atoms with Gasteiger partial charge < -0.3 is 10.8 Å². The molecule has 1 aromatic rings. The molecule has 0 aliphatic heterocycles. The van der Waals surface area contributed by atoms with E-state index in [-0.39, 0.29) is 16.4 Å². The quantitative estimate of drug-likeness (QED) is 0.770. The first-order chi connectivity index (χ1) is 6.42. The number of hydrogen-bond donors (Lipinski definition) is 2. The van der Waals surface area contributed by atoms with Crippen molar-refractivity contribution >= 4 is 9.84 Å². The molecule has 3 N–H and O–H groups in total. The van der Waals surface area contributed by atoms with Crippen molar-refractivity contribution in [2.75, 3.05) is 5.75 Å². The van der Waals surface area contributed by atoms with Gasteiger partial charge in [-0.1, -0.05) is 6.07 Å². The number of hydrogen-bond acceptors (Lipinski definition) is 4. The van der Waals surface area contributed by atoms with Crippen LogP contribution in [-0.2, 0) is 9.84 Å². The van der Waals surface area contributed by atoms with E-state index in [4.69, 9.17) is 10.8 Å². The van der Waals surface area contributed by atoms with Crippen molar-refractivity contribution in [3.05, 3.63) is 24.3 Å². The molecule has 1 aromatic carbocycles. The molecule has 1 rings (SSSR count). The molecule has 14 heavy (non-hydrogen) atoms. The molecule has 0 aliphatic carbocycles. The standard InChI is InChI=1S/C9H13NO3S/c1-7(10)6-14(12,13)9-4-2-3-8(11)5-9/h2-5,7,11H,6,10H2,1H3. The maximum Gasteiger partial charge on any atom is 0.180 e. The van der Waals surface area contributed by atoms with E-state index in [1.54, 1.807) is 6.92 Å². The number of aromatic hydroxyl groups is 1. The van der Waals surface area contributed by atoms with Crippen LogP contribution < -0.4 is 5.73 Å². The third kappa shape index (κ3) is 2.71. The average Bonchev–Trinajstić information content (AvgIpc) is 2.01. The SMILES string of the molecule is CC(N)CS(=O)(=O)c1cccc(O)c1. The zero-order chi connectivity index (χ0) is 10.8. The van der Waals surface area contributed by atoms with Crippen molar-refractivity contribution in [1.82, 2.24) is 0 Å². The molecule has 0 aromatic heterocycles. The first kappa shape index (κ1) is 11.0. The minimum Gasteiger partial charge on any atom is -0.508 e. The molecule has 0 saturated carbocycles. The Morgan fingerprint density at radius 2 is 2.14 bits per heavy atom. The summed E-state index contributed by atoms with van der Waals surface area (Å²) in [6.45, 7) is 1.63. The number of phenolic OH excluding ortho intramolecular Hbond substituents is 1. The van der Waals surface area contributed by atoms with Crippen LogP contribution in [0.15, 0.2) is 29.2 Å². The summed E-state index contributed by atoms with van der Waals surface area (Å²) in [5, 5.41) is 9.11. The summed E-state index contributed by atoms with van der Waals surface area (Å²) < 4.78 is 23.2. The lowest BCUT2D eigenvalue weighted by molar-refractivity contribution is 0.473. The molecule has 0 heterocycles. The molecule has 0 aliphatic rings. The largest absolute Gasteiger partial charge is 0.508 e. The highest BCUT2D eigenvalue weighted by atomic mass is 32.2. The summed E-state index contributed by atoms with van der Waals surface area (Å²) in [5.74, 6) is -0.174. The van der Waals surface area contributed by atoms with E-state index in [1.165, 1.54) is 24.3 Å². The van der Waals surface area contributed by atoms with E-state index in [1.807, 2.05) is 0 Å². The lowest BCUT2D eigenvalue weighted by Crippen LogP contribution is -2.26. The van der Waals surface area contributed by atoms with Gasteiger partial charge in [-0.2, -0.15) is 0 Å². The van der Waals surface area contributed by atoms with Crippen LogP contribution in [0.25, 0.3) is 0 Å². The van der Waals surface area contributed by atoms with Crippen molar-refractivity contribution in [2.45, 2.75) is 17.9 Å². The molecule has 1 atom stereocenters. The van der Waals surface area contributed by atoms with Crippen molar-refractivity contribution in [2.24, 2.45) is 5.73 Å². The Hall–Kier alpha value is -1.07. The zero-order valence-electron chi connectivity index (χ0n) is 7.84. The van der Waals surface area contributed by atoms with Crippen molar-refractivity contribution in [3.63, 3.8) is 0 Å². The van der Waals surface area contributed by atoms with Crippen LogP contribution in [-0.4, -0.2) is 25.3 Å². The van der Waals surface area contributed by atoms with Crippen molar-refractivity contribution < 1.29 is 13.5 Å². The highest BCUT2D eigenvalue weighted by molar-refractivity contribution is 7.91. The molecular formula is C9H13NO3S. The molecule has 5 heteroatoms. The molecule has 78 valence electrons. The fourth-order valence-electron chi connectivity index (χ4n) is 1.12. The van der Waals surface area contributed by atoms with Crippen molar-refractivity contribution in [3.8, 4) is 5.75 Å². The van der Waals surface area contributed by atoms with E-state index < -0.39 is 15.9 Å². The Balaban J connectivity index is 3.05. The van der Waals surface area contributed by atoms with Gasteiger partial charge in [-0.25, -0.2) is 8.42 Å². The first-order valence-corrected chi connectivity index (χ1v) is 5.84. The second-order valence-corrected chi connectivity index (χ2v) is 5.29. The van der Waals surface area contributed by atoms with Gasteiger partial charge in [0.05, 0.1) is 10.6 Å². The van der Waals surface area contributed by atoms with E-state index in [0.29, 0.717) is 0 Å². The molecule has 0 amide bonds. The lowest BCUT2D eigenvalue weighted by Gasteiger charge is -2.06. The predicted molar refractivity (Wildman–Crippen MR) is 53.8 cm³/mol. The summed E-state index contributed by atoms with van der Waals surface area (Å²) >= 11 is 0. The van der Waals surface area contributed by atoms with Crippen molar-refractivity contribution in [1.29, 1.82) is 0 Å². The van der Waals surface area contributed by atoms with Crippen LogP contribution in [0.4, 0.5) is 0 Å². The second-order valence-electron chi connectivity index (χ2n) is 3.26. The molecule has 1 unspecified atom stereocenters. The molecule has 4 nitrogen and oxygen atoms in total. The Kier molecular flexibility index (Phi) is 3.13. The molecule has 0 saturated heterocycles. The second kappa shape index (κ2) is 3.98. The predicted octanol–water partition coefficient (Wildman–Crippen LogP) is 0.513. The van der Waals surface area contributed by atoms with E-state index in [0.717, 1.165) is 0 Å². The van der Waals surface area contributed by atoms with E-state index in [9.17, 15) is 8.42 Å². The summed E-state index contributed by atoms with van der Waals surface area (Å²) in [5.41, 5.74) is 5.41. The number of phenols is 1. The van der Waals surface area contributed by atoms with Gasteiger partial charge in [-0.05, 0) is 25.1 Å². The van der Waals surface area contributed by atoms with Crippen LogP contribution in [0.5, 0.6) is 5.75 Å². The summed E-state index contributed by atoms with van der Waals surface area (Å²) in [6.07, 6.45) is 0. The zero-order valence-corrected chi connectivity index (χ0v) is 8.66. The van der Waals surface area contributed by atoms with Gasteiger partial charge in [0.2, 0.25) is 0 Å². The molecular weight excluding hydrogens is 202 g/mol. The van der Waals surface area contributed by atoms with Crippen LogP contribution in [0.1, 0.15) is 6.92 Å².